The van der Waals surface area contributed by atoms with Crippen LogP contribution in [0.25, 0.3) is 0 Å². The van der Waals surface area contributed by atoms with Crippen molar-refractivity contribution in [2.75, 3.05) is 13.1 Å². The Bertz CT molecular complexity index is 839. The molecule has 1 aliphatic heterocycles. The fourth-order valence-electron chi connectivity index (χ4n) is 5.25. The quantitative estimate of drug-likeness (QED) is 0.840. The molecule has 5 nitrogen and oxygen atoms in total. The molecule has 2 aliphatic carbocycles. The average molecular weight is 379 g/mol. The first kappa shape index (κ1) is 17.9. The summed E-state index contributed by atoms with van der Waals surface area (Å²) in [5.41, 5.74) is 1.66. The molecule has 3 aliphatic rings. The highest BCUT2D eigenvalue weighted by molar-refractivity contribution is 5.83. The van der Waals surface area contributed by atoms with Crippen LogP contribution in [0.1, 0.15) is 49.9 Å². The lowest BCUT2D eigenvalue weighted by molar-refractivity contribution is -0.134. The Balaban J connectivity index is 1.36. The highest BCUT2D eigenvalue weighted by atomic mass is 16.2. The molecule has 1 aromatic heterocycles. The minimum Gasteiger partial charge on any atom is -0.334 e. The Morgan fingerprint density at radius 3 is 2.82 bits per heavy atom. The lowest BCUT2D eigenvalue weighted by Crippen LogP contribution is -2.40. The van der Waals surface area contributed by atoms with Gasteiger partial charge in [-0.2, -0.15) is 0 Å². The molecule has 2 saturated carbocycles. The first-order valence-electron chi connectivity index (χ1n) is 10.8. The van der Waals surface area contributed by atoms with Crippen molar-refractivity contribution < 1.29 is 4.79 Å². The molecule has 1 saturated heterocycles. The molecule has 2 heterocycles. The van der Waals surface area contributed by atoms with Crippen molar-refractivity contribution in [3.63, 3.8) is 0 Å². The average Bonchev–Trinajstić information content (AvgIpc) is 3.62. The third-order valence-corrected chi connectivity index (χ3v) is 7.19. The summed E-state index contributed by atoms with van der Waals surface area (Å²) in [6.07, 6.45) is 8.42. The molecule has 0 radical (unpaired) electrons. The van der Waals surface area contributed by atoms with Crippen LogP contribution in [0, 0.1) is 11.3 Å². The second kappa shape index (κ2) is 7.03. The number of piperidine rings is 1. The lowest BCUT2D eigenvalue weighted by atomic mass is 9.93. The van der Waals surface area contributed by atoms with Crippen LogP contribution in [0.2, 0.25) is 0 Å². The van der Waals surface area contributed by atoms with E-state index in [1.54, 1.807) is 0 Å². The largest absolute Gasteiger partial charge is 0.334 e. The molecule has 28 heavy (non-hydrogen) atoms. The van der Waals surface area contributed by atoms with Crippen LogP contribution < -0.4 is 5.32 Å². The minimum atomic E-state index is 0.145. The van der Waals surface area contributed by atoms with Crippen LogP contribution in [-0.4, -0.2) is 39.5 Å². The first-order valence-corrected chi connectivity index (χ1v) is 10.8. The van der Waals surface area contributed by atoms with E-state index in [9.17, 15) is 4.79 Å². The summed E-state index contributed by atoms with van der Waals surface area (Å²) in [4.78, 5) is 20.4. The van der Waals surface area contributed by atoms with Crippen LogP contribution in [0.15, 0.2) is 42.7 Å². The van der Waals surface area contributed by atoms with E-state index in [1.807, 2.05) is 18.5 Å². The number of benzene rings is 1. The number of carbonyl (C=O) groups is 1. The molecule has 1 aromatic carbocycles. The number of imidazole rings is 1. The Morgan fingerprint density at radius 1 is 1.29 bits per heavy atom. The van der Waals surface area contributed by atoms with Crippen molar-refractivity contribution in [2.24, 2.45) is 11.3 Å². The summed E-state index contributed by atoms with van der Waals surface area (Å²) in [5, 5.41) is 3.48. The van der Waals surface area contributed by atoms with Gasteiger partial charge in [-0.05, 0) is 62.6 Å². The highest BCUT2D eigenvalue weighted by Gasteiger charge is 2.59. The van der Waals surface area contributed by atoms with Gasteiger partial charge in [-0.1, -0.05) is 30.3 Å². The van der Waals surface area contributed by atoms with Crippen LogP contribution >= 0.6 is 0 Å². The zero-order chi connectivity index (χ0) is 19.1. The number of nitrogens with zero attached hydrogens (tertiary/aromatic N) is 3. The van der Waals surface area contributed by atoms with Gasteiger partial charge in [-0.3, -0.25) is 4.79 Å². The normalized spacial score (nSPS) is 27.5. The van der Waals surface area contributed by atoms with Crippen molar-refractivity contribution in [2.45, 2.75) is 57.7 Å². The SMILES string of the molecule is CCn1ccnc1CN(C(=O)[C@@H]1C[C@@H]1c1ccccc1)[C@H]1CC12CCNCC2. The number of hydrogen-bond donors (Lipinski definition) is 1. The van der Waals surface area contributed by atoms with E-state index < -0.39 is 0 Å². The number of aryl methyl sites for hydroxylation is 1. The van der Waals surface area contributed by atoms with Gasteiger partial charge in [-0.15, -0.1) is 0 Å². The predicted molar refractivity (Wildman–Crippen MR) is 109 cm³/mol. The maximum atomic E-state index is 13.6. The van der Waals surface area contributed by atoms with Crippen LogP contribution in [-0.2, 0) is 17.9 Å². The Morgan fingerprint density at radius 2 is 2.07 bits per heavy atom. The summed E-state index contributed by atoms with van der Waals surface area (Å²) in [5.74, 6) is 1.90. The fourth-order valence-corrected chi connectivity index (χ4v) is 5.25. The molecule has 5 heteroatoms. The second-order valence-electron chi connectivity index (χ2n) is 8.79. The van der Waals surface area contributed by atoms with Gasteiger partial charge in [0.1, 0.15) is 5.82 Å². The third kappa shape index (κ3) is 3.16. The Labute approximate surface area is 167 Å². The minimum absolute atomic E-state index is 0.145. The van der Waals surface area contributed by atoms with E-state index in [-0.39, 0.29) is 5.92 Å². The van der Waals surface area contributed by atoms with E-state index in [2.05, 4.69) is 51.0 Å². The molecule has 0 bridgehead atoms. The summed E-state index contributed by atoms with van der Waals surface area (Å²) in [6.45, 7) is 5.84. The molecular formula is C23H30N4O. The van der Waals surface area contributed by atoms with Crippen molar-refractivity contribution in [3.8, 4) is 0 Å². The van der Waals surface area contributed by atoms with Gasteiger partial charge in [0.05, 0.1) is 6.54 Å². The maximum absolute atomic E-state index is 13.6. The van der Waals surface area contributed by atoms with Crippen molar-refractivity contribution >= 4 is 5.91 Å². The zero-order valence-corrected chi connectivity index (χ0v) is 16.7. The number of hydrogen-bond acceptors (Lipinski definition) is 3. The maximum Gasteiger partial charge on any atom is 0.226 e. The van der Waals surface area contributed by atoms with Crippen LogP contribution in [0.4, 0.5) is 0 Å². The first-order chi connectivity index (χ1) is 13.7. The molecule has 2 aromatic rings. The Hall–Kier alpha value is -2.14. The summed E-state index contributed by atoms with van der Waals surface area (Å²) in [7, 11) is 0. The van der Waals surface area contributed by atoms with Crippen LogP contribution in [0.3, 0.4) is 0 Å². The van der Waals surface area contributed by atoms with Gasteiger partial charge >= 0.3 is 0 Å². The van der Waals surface area contributed by atoms with Gasteiger partial charge < -0.3 is 14.8 Å². The molecule has 148 valence electrons. The van der Waals surface area contributed by atoms with Crippen molar-refractivity contribution in [1.29, 1.82) is 0 Å². The summed E-state index contributed by atoms with van der Waals surface area (Å²) >= 11 is 0. The van der Waals surface area contributed by atoms with Crippen LogP contribution in [0.5, 0.6) is 0 Å². The highest BCUT2D eigenvalue weighted by Crippen LogP contribution is 2.58. The predicted octanol–water partition coefficient (Wildman–Crippen LogP) is 3.18. The molecule has 3 atom stereocenters. The van der Waals surface area contributed by atoms with E-state index in [4.69, 9.17) is 0 Å². The summed E-state index contributed by atoms with van der Waals surface area (Å²) < 4.78 is 2.17. The van der Waals surface area contributed by atoms with Gasteiger partial charge in [-0.25, -0.2) is 4.98 Å². The van der Waals surface area contributed by atoms with Crippen molar-refractivity contribution in [1.82, 2.24) is 19.8 Å². The monoisotopic (exact) mass is 378 g/mol. The van der Waals surface area contributed by atoms with Gasteiger partial charge in [0.15, 0.2) is 0 Å². The number of rotatable bonds is 6. The molecular weight excluding hydrogens is 348 g/mol. The van der Waals surface area contributed by atoms with E-state index in [1.165, 1.54) is 18.4 Å². The standard InChI is InChI=1S/C23H30N4O/c1-2-26-13-12-25-21(26)16-27(20-15-23(20)8-10-24-11-9-23)22(28)19-14-18(19)17-6-4-3-5-7-17/h3-7,12-13,18-20,24H,2,8-11,14-16H2,1H3/t18-,19-,20+/m1/s1. The number of amides is 1. The molecule has 0 unspecified atom stereocenters. The fraction of sp³-hybridized carbons (Fsp3) is 0.565. The van der Waals surface area contributed by atoms with E-state index >= 15 is 0 Å². The summed E-state index contributed by atoms with van der Waals surface area (Å²) in [6, 6.07) is 10.9. The topological polar surface area (TPSA) is 50.2 Å². The molecule has 3 fully saturated rings. The Kier molecular flexibility index (Phi) is 4.50. The number of nitrogens with one attached hydrogen (secondary N) is 1. The van der Waals surface area contributed by atoms with E-state index in [0.29, 0.717) is 29.8 Å². The smallest absolute Gasteiger partial charge is 0.226 e. The van der Waals surface area contributed by atoms with Gasteiger partial charge in [0, 0.05) is 30.9 Å². The molecule has 5 rings (SSSR count). The lowest BCUT2D eigenvalue weighted by Gasteiger charge is -2.30. The molecule has 1 amide bonds. The molecule has 1 N–H and O–H groups in total. The van der Waals surface area contributed by atoms with Gasteiger partial charge in [0.2, 0.25) is 5.91 Å². The van der Waals surface area contributed by atoms with Crippen molar-refractivity contribution in [3.05, 3.63) is 54.1 Å². The van der Waals surface area contributed by atoms with Gasteiger partial charge in [0.25, 0.3) is 0 Å². The number of carbonyl (C=O) groups excluding carboxylic acids is 1. The number of aromatic nitrogens is 2. The van der Waals surface area contributed by atoms with E-state index in [0.717, 1.165) is 38.3 Å². The second-order valence-corrected chi connectivity index (χ2v) is 8.79. The zero-order valence-electron chi connectivity index (χ0n) is 16.7. The molecule has 1 spiro atoms. The third-order valence-electron chi connectivity index (χ3n) is 7.19.